The highest BCUT2D eigenvalue weighted by Gasteiger charge is 2.20. The van der Waals surface area contributed by atoms with Crippen LogP contribution in [-0.2, 0) is 0 Å². The summed E-state index contributed by atoms with van der Waals surface area (Å²) in [5, 5.41) is 6.20. The summed E-state index contributed by atoms with van der Waals surface area (Å²) < 4.78 is 7.22. The van der Waals surface area contributed by atoms with Gasteiger partial charge in [0, 0.05) is 66.2 Å². The van der Waals surface area contributed by atoms with Gasteiger partial charge in [-0.15, -0.1) is 11.3 Å². The fraction of sp³-hybridized carbons (Fsp3) is 0. The first-order valence-electron chi connectivity index (χ1n) is 13.7. The van der Waals surface area contributed by atoms with Crippen molar-refractivity contribution in [3.05, 3.63) is 134 Å². The molecule has 0 aliphatic rings. The van der Waals surface area contributed by atoms with Crippen molar-refractivity contribution >= 4 is 64.2 Å². The van der Waals surface area contributed by atoms with Crippen LogP contribution in [0.3, 0.4) is 0 Å². The number of nitrogens with zero attached hydrogens (tertiary/aromatic N) is 4. The molecule has 9 rings (SSSR count). The van der Waals surface area contributed by atoms with E-state index in [9.17, 15) is 0 Å². The number of pyridine rings is 2. The van der Waals surface area contributed by atoms with Crippen molar-refractivity contribution in [2.24, 2.45) is 0 Å². The van der Waals surface area contributed by atoms with Gasteiger partial charge in [-0.1, -0.05) is 48.5 Å². The van der Waals surface area contributed by atoms with Crippen LogP contribution in [0, 0.1) is 0 Å². The molecule has 0 bridgehead atoms. The maximum Gasteiger partial charge on any atom is 0.138 e. The van der Waals surface area contributed by atoms with Gasteiger partial charge in [-0.05, 0) is 66.7 Å². The van der Waals surface area contributed by atoms with E-state index in [0.29, 0.717) is 0 Å². The van der Waals surface area contributed by atoms with Gasteiger partial charge in [0.05, 0.1) is 22.2 Å². The minimum Gasteiger partial charge on any atom is -0.317 e. The van der Waals surface area contributed by atoms with Crippen LogP contribution in [0.5, 0.6) is 0 Å². The zero-order valence-corrected chi connectivity index (χ0v) is 22.7. The molecular weight excluding hydrogens is 520 g/mol. The number of fused-ring (bicyclic) bond motifs is 8. The molecule has 4 aromatic carbocycles. The molecule has 4 nitrogen and oxygen atoms in total. The molecule has 0 saturated carbocycles. The monoisotopic (exact) mass is 542 g/mol. The summed E-state index contributed by atoms with van der Waals surface area (Å²) in [6.07, 6.45) is 5.83. The Labute approximate surface area is 239 Å². The molecule has 0 N–H and O–H groups in total. The van der Waals surface area contributed by atoms with Crippen LogP contribution in [0.1, 0.15) is 0 Å². The minimum atomic E-state index is 0.899. The quantitative estimate of drug-likeness (QED) is 0.223. The Bertz CT molecular complexity index is 2410. The minimum absolute atomic E-state index is 0.899. The molecule has 192 valence electrons. The molecule has 0 fully saturated rings. The van der Waals surface area contributed by atoms with Gasteiger partial charge in [0.1, 0.15) is 5.82 Å². The Morgan fingerprint density at radius 1 is 0.634 bits per heavy atom. The zero-order chi connectivity index (χ0) is 26.9. The highest BCUT2D eigenvalue weighted by atomic mass is 32.1. The number of para-hydroxylation sites is 1. The molecule has 41 heavy (non-hydrogen) atoms. The van der Waals surface area contributed by atoms with Crippen LogP contribution < -0.4 is 0 Å². The molecule has 0 saturated heterocycles. The molecule has 0 spiro atoms. The number of hydrogen-bond acceptors (Lipinski definition) is 3. The van der Waals surface area contributed by atoms with Crippen molar-refractivity contribution in [3.8, 4) is 22.8 Å². The van der Waals surface area contributed by atoms with Crippen molar-refractivity contribution in [2.45, 2.75) is 0 Å². The number of aromatic nitrogens is 4. The van der Waals surface area contributed by atoms with Crippen molar-refractivity contribution in [2.75, 3.05) is 0 Å². The third-order valence-electron chi connectivity index (χ3n) is 8.03. The summed E-state index contributed by atoms with van der Waals surface area (Å²) in [6, 6.07) is 41.0. The first-order chi connectivity index (χ1) is 20.3. The first-order valence-corrected chi connectivity index (χ1v) is 14.5. The summed E-state index contributed by atoms with van der Waals surface area (Å²) in [4.78, 5) is 9.55. The molecular formula is C36H22N4S. The van der Waals surface area contributed by atoms with E-state index in [2.05, 4.69) is 130 Å². The van der Waals surface area contributed by atoms with E-state index in [1.807, 2.05) is 23.6 Å². The molecule has 0 unspecified atom stereocenters. The number of benzene rings is 4. The summed E-state index contributed by atoms with van der Waals surface area (Å²) in [6.45, 7) is 0. The standard InChI is InChI=1S/C36H22N4S/c1-2-9-25(10-3-1)39-19-17-23-20-31-28(21-30(23)39)26-15-16-33-35(27-11-4-5-13-32(27)41-33)36(26)40(31)34-14-6-12-29(38-34)24-8-7-18-37-22-24/h1-22H. The third-order valence-corrected chi connectivity index (χ3v) is 9.17. The lowest BCUT2D eigenvalue weighted by Gasteiger charge is -2.10. The fourth-order valence-electron chi connectivity index (χ4n) is 6.21. The van der Waals surface area contributed by atoms with Gasteiger partial charge in [0.2, 0.25) is 0 Å². The van der Waals surface area contributed by atoms with E-state index < -0.39 is 0 Å². The Morgan fingerprint density at radius 3 is 2.44 bits per heavy atom. The zero-order valence-electron chi connectivity index (χ0n) is 21.9. The normalized spacial score (nSPS) is 11.9. The summed E-state index contributed by atoms with van der Waals surface area (Å²) in [5.41, 5.74) is 6.60. The Morgan fingerprint density at radius 2 is 1.54 bits per heavy atom. The van der Waals surface area contributed by atoms with Crippen molar-refractivity contribution in [1.29, 1.82) is 0 Å². The van der Waals surface area contributed by atoms with Gasteiger partial charge in [-0.25, -0.2) is 4.98 Å². The predicted molar refractivity (Wildman–Crippen MR) is 172 cm³/mol. The maximum absolute atomic E-state index is 5.21. The second-order valence-electron chi connectivity index (χ2n) is 10.3. The van der Waals surface area contributed by atoms with Crippen molar-refractivity contribution in [1.82, 2.24) is 19.1 Å². The molecule has 0 atom stereocenters. The summed E-state index contributed by atoms with van der Waals surface area (Å²) in [5.74, 6) is 0.899. The van der Waals surface area contributed by atoms with Crippen LogP contribution in [0.4, 0.5) is 0 Å². The van der Waals surface area contributed by atoms with Gasteiger partial charge in [-0.3, -0.25) is 9.55 Å². The molecule has 0 aliphatic heterocycles. The van der Waals surface area contributed by atoms with Gasteiger partial charge < -0.3 is 4.57 Å². The van der Waals surface area contributed by atoms with Crippen molar-refractivity contribution in [3.63, 3.8) is 0 Å². The number of rotatable bonds is 3. The smallest absolute Gasteiger partial charge is 0.138 e. The Balaban J connectivity index is 1.43. The van der Waals surface area contributed by atoms with Gasteiger partial charge in [0.25, 0.3) is 0 Å². The van der Waals surface area contributed by atoms with Crippen LogP contribution in [0.15, 0.2) is 134 Å². The average molecular weight is 543 g/mol. The van der Waals surface area contributed by atoms with Gasteiger partial charge in [-0.2, -0.15) is 0 Å². The average Bonchev–Trinajstić information content (AvgIpc) is 3.72. The second kappa shape index (κ2) is 8.62. The Kier molecular flexibility index (Phi) is 4.74. The summed E-state index contributed by atoms with van der Waals surface area (Å²) in [7, 11) is 0. The molecule has 5 heteroatoms. The fourth-order valence-corrected chi connectivity index (χ4v) is 7.32. The topological polar surface area (TPSA) is 35.6 Å². The van der Waals surface area contributed by atoms with Crippen LogP contribution in [0.2, 0.25) is 0 Å². The molecule has 0 aliphatic carbocycles. The van der Waals surface area contributed by atoms with E-state index in [4.69, 9.17) is 4.98 Å². The lowest BCUT2D eigenvalue weighted by Crippen LogP contribution is -1.99. The predicted octanol–water partition coefficient (Wildman–Crippen LogP) is 9.55. The number of hydrogen-bond donors (Lipinski definition) is 0. The van der Waals surface area contributed by atoms with Crippen LogP contribution in [-0.4, -0.2) is 19.1 Å². The largest absolute Gasteiger partial charge is 0.317 e. The molecule has 5 heterocycles. The van der Waals surface area contributed by atoms with E-state index in [1.165, 1.54) is 47.4 Å². The molecule has 9 aromatic rings. The Hall–Kier alpha value is -5.26. The van der Waals surface area contributed by atoms with Crippen molar-refractivity contribution < 1.29 is 0 Å². The molecule has 0 amide bonds. The highest BCUT2D eigenvalue weighted by Crippen LogP contribution is 2.44. The van der Waals surface area contributed by atoms with E-state index in [-0.39, 0.29) is 0 Å². The third kappa shape index (κ3) is 3.33. The second-order valence-corrected chi connectivity index (χ2v) is 11.4. The van der Waals surface area contributed by atoms with Crippen LogP contribution in [0.25, 0.3) is 75.6 Å². The van der Waals surface area contributed by atoms with Crippen LogP contribution >= 0.6 is 11.3 Å². The SMILES string of the molecule is c1ccc(-n2ccc3cc4c(cc32)c2ccc3sc5ccccc5c3c2n4-c2cccc(-c3cccnc3)n2)cc1. The van der Waals surface area contributed by atoms with Gasteiger partial charge >= 0.3 is 0 Å². The molecule has 5 aromatic heterocycles. The molecule has 0 radical (unpaired) electrons. The number of thiophene rings is 1. The first kappa shape index (κ1) is 22.5. The van der Waals surface area contributed by atoms with E-state index in [1.54, 1.807) is 6.20 Å². The van der Waals surface area contributed by atoms with E-state index in [0.717, 1.165) is 28.3 Å². The maximum atomic E-state index is 5.21. The summed E-state index contributed by atoms with van der Waals surface area (Å²) >= 11 is 1.85. The highest BCUT2D eigenvalue weighted by molar-refractivity contribution is 7.26. The van der Waals surface area contributed by atoms with E-state index >= 15 is 0 Å². The lowest BCUT2D eigenvalue weighted by atomic mass is 10.1. The van der Waals surface area contributed by atoms with Gasteiger partial charge in [0.15, 0.2) is 0 Å². The lowest BCUT2D eigenvalue weighted by molar-refractivity contribution is 1.09.